The van der Waals surface area contributed by atoms with Crippen LogP contribution in [0.15, 0.2) is 24.3 Å². The number of hydrogen-bond acceptors (Lipinski definition) is 2. The summed E-state index contributed by atoms with van der Waals surface area (Å²) < 4.78 is 0. The SMILES string of the molecule is CC(C)CN1CCC[C@@H]1C(=O)N[C@@H]1CCc2ccccc21. The van der Waals surface area contributed by atoms with Gasteiger partial charge in [-0.15, -0.1) is 0 Å². The third kappa shape index (κ3) is 3.13. The average Bonchev–Trinajstić information content (AvgIpc) is 3.06. The molecule has 0 aromatic heterocycles. The van der Waals surface area contributed by atoms with Gasteiger partial charge in [0.15, 0.2) is 0 Å². The molecule has 2 atom stereocenters. The normalized spacial score (nSPS) is 25.3. The Morgan fingerprint density at radius 2 is 2.14 bits per heavy atom. The Labute approximate surface area is 127 Å². The summed E-state index contributed by atoms with van der Waals surface area (Å²) in [6.07, 6.45) is 4.28. The molecule has 0 spiro atoms. The summed E-state index contributed by atoms with van der Waals surface area (Å²) in [6.45, 7) is 6.54. The van der Waals surface area contributed by atoms with Gasteiger partial charge in [0.2, 0.25) is 5.91 Å². The van der Waals surface area contributed by atoms with Crippen LogP contribution >= 0.6 is 0 Å². The number of nitrogens with zero attached hydrogens (tertiary/aromatic N) is 1. The number of carbonyl (C=O) groups excluding carboxylic acids is 1. The van der Waals surface area contributed by atoms with Gasteiger partial charge in [-0.3, -0.25) is 9.69 Å². The first-order chi connectivity index (χ1) is 10.1. The second kappa shape index (κ2) is 6.18. The molecule has 1 amide bonds. The van der Waals surface area contributed by atoms with Gasteiger partial charge < -0.3 is 5.32 Å². The van der Waals surface area contributed by atoms with E-state index in [1.165, 1.54) is 11.1 Å². The smallest absolute Gasteiger partial charge is 0.237 e. The molecular weight excluding hydrogens is 260 g/mol. The number of carbonyl (C=O) groups is 1. The van der Waals surface area contributed by atoms with Gasteiger partial charge in [0, 0.05) is 6.54 Å². The zero-order valence-electron chi connectivity index (χ0n) is 13.1. The van der Waals surface area contributed by atoms with E-state index in [9.17, 15) is 4.79 Å². The molecule has 1 heterocycles. The van der Waals surface area contributed by atoms with Crippen molar-refractivity contribution in [3.05, 3.63) is 35.4 Å². The van der Waals surface area contributed by atoms with Crippen LogP contribution in [0.4, 0.5) is 0 Å². The highest BCUT2D eigenvalue weighted by atomic mass is 16.2. The van der Waals surface area contributed by atoms with Crippen LogP contribution in [0.3, 0.4) is 0 Å². The van der Waals surface area contributed by atoms with Crippen molar-refractivity contribution in [2.45, 2.75) is 51.6 Å². The van der Waals surface area contributed by atoms with Crippen molar-refractivity contribution >= 4 is 5.91 Å². The Bertz CT molecular complexity index is 512. The van der Waals surface area contributed by atoms with Crippen molar-refractivity contribution in [2.75, 3.05) is 13.1 Å². The van der Waals surface area contributed by atoms with Crippen LogP contribution in [-0.4, -0.2) is 29.9 Å². The highest BCUT2D eigenvalue weighted by Crippen LogP contribution is 2.31. The monoisotopic (exact) mass is 286 g/mol. The molecule has 0 unspecified atom stereocenters. The molecule has 1 aliphatic carbocycles. The maximum atomic E-state index is 12.7. The minimum absolute atomic E-state index is 0.0835. The average molecular weight is 286 g/mol. The number of aryl methyl sites for hydroxylation is 1. The Morgan fingerprint density at radius 3 is 2.95 bits per heavy atom. The summed E-state index contributed by atoms with van der Waals surface area (Å²) in [5, 5.41) is 3.30. The summed E-state index contributed by atoms with van der Waals surface area (Å²) in [5.41, 5.74) is 2.72. The van der Waals surface area contributed by atoms with Gasteiger partial charge in [-0.05, 0) is 49.3 Å². The van der Waals surface area contributed by atoms with Gasteiger partial charge in [-0.2, -0.15) is 0 Å². The molecule has 1 aromatic rings. The van der Waals surface area contributed by atoms with Crippen LogP contribution in [-0.2, 0) is 11.2 Å². The van der Waals surface area contributed by atoms with E-state index >= 15 is 0 Å². The van der Waals surface area contributed by atoms with Crippen LogP contribution < -0.4 is 5.32 Å². The Morgan fingerprint density at radius 1 is 1.33 bits per heavy atom. The van der Waals surface area contributed by atoms with E-state index in [1.54, 1.807) is 0 Å². The van der Waals surface area contributed by atoms with E-state index < -0.39 is 0 Å². The molecule has 3 nitrogen and oxygen atoms in total. The van der Waals surface area contributed by atoms with Gasteiger partial charge >= 0.3 is 0 Å². The van der Waals surface area contributed by atoms with Gasteiger partial charge in [0.25, 0.3) is 0 Å². The second-order valence-electron chi connectivity index (χ2n) is 6.85. The van der Waals surface area contributed by atoms with Crippen LogP contribution in [0.5, 0.6) is 0 Å². The summed E-state index contributed by atoms with van der Waals surface area (Å²) in [6, 6.07) is 8.81. The maximum absolute atomic E-state index is 12.7. The van der Waals surface area contributed by atoms with Crippen molar-refractivity contribution in [1.82, 2.24) is 10.2 Å². The molecule has 0 bridgehead atoms. The minimum Gasteiger partial charge on any atom is -0.348 e. The number of amides is 1. The van der Waals surface area contributed by atoms with Crippen molar-refractivity contribution in [3.63, 3.8) is 0 Å². The Kier molecular flexibility index (Phi) is 4.29. The molecule has 1 aromatic carbocycles. The lowest BCUT2D eigenvalue weighted by molar-refractivity contribution is -0.126. The van der Waals surface area contributed by atoms with Crippen molar-refractivity contribution in [3.8, 4) is 0 Å². The lowest BCUT2D eigenvalue weighted by atomic mass is 10.1. The number of hydrogen-bond donors (Lipinski definition) is 1. The van der Waals surface area contributed by atoms with Crippen molar-refractivity contribution < 1.29 is 4.79 Å². The lowest BCUT2D eigenvalue weighted by Gasteiger charge is -2.26. The molecular formula is C18H26N2O. The fraction of sp³-hybridized carbons (Fsp3) is 0.611. The van der Waals surface area contributed by atoms with Gasteiger partial charge in [-0.25, -0.2) is 0 Å². The minimum atomic E-state index is 0.0835. The molecule has 2 aliphatic rings. The molecule has 1 N–H and O–H groups in total. The number of nitrogens with one attached hydrogen (secondary N) is 1. The summed E-state index contributed by atoms with van der Waals surface area (Å²) >= 11 is 0. The van der Waals surface area contributed by atoms with E-state index in [-0.39, 0.29) is 18.0 Å². The Hall–Kier alpha value is -1.35. The predicted molar refractivity (Wildman–Crippen MR) is 85.1 cm³/mol. The number of fused-ring (bicyclic) bond motifs is 1. The van der Waals surface area contributed by atoms with Gasteiger partial charge in [-0.1, -0.05) is 38.1 Å². The topological polar surface area (TPSA) is 32.3 Å². The molecule has 21 heavy (non-hydrogen) atoms. The molecule has 114 valence electrons. The summed E-state index contributed by atoms with van der Waals surface area (Å²) in [4.78, 5) is 15.0. The molecule has 1 fully saturated rings. The summed E-state index contributed by atoms with van der Waals surface area (Å²) in [7, 11) is 0. The standard InChI is InChI=1S/C18H26N2O/c1-13(2)12-20-11-5-8-17(20)18(21)19-16-10-9-14-6-3-4-7-15(14)16/h3-4,6-7,13,16-17H,5,8-12H2,1-2H3,(H,19,21)/t16-,17-/m1/s1. The quantitative estimate of drug-likeness (QED) is 0.923. The van der Waals surface area contributed by atoms with Crippen molar-refractivity contribution in [1.29, 1.82) is 0 Å². The highest BCUT2D eigenvalue weighted by Gasteiger charge is 2.33. The fourth-order valence-electron chi connectivity index (χ4n) is 3.79. The molecule has 0 radical (unpaired) electrons. The van der Waals surface area contributed by atoms with E-state index in [1.807, 2.05) is 0 Å². The van der Waals surface area contributed by atoms with Gasteiger partial charge in [0.1, 0.15) is 0 Å². The molecule has 3 heteroatoms. The zero-order valence-corrected chi connectivity index (χ0v) is 13.1. The van der Waals surface area contributed by atoms with Gasteiger partial charge in [0.05, 0.1) is 12.1 Å². The predicted octanol–water partition coefficient (Wildman–Crippen LogP) is 2.91. The molecule has 1 aliphatic heterocycles. The lowest BCUT2D eigenvalue weighted by Crippen LogP contribution is -2.45. The van der Waals surface area contributed by atoms with E-state index in [2.05, 4.69) is 48.3 Å². The third-order valence-corrected chi connectivity index (χ3v) is 4.72. The fourth-order valence-corrected chi connectivity index (χ4v) is 3.79. The van der Waals surface area contributed by atoms with E-state index in [0.717, 1.165) is 38.8 Å². The number of rotatable bonds is 4. The third-order valence-electron chi connectivity index (χ3n) is 4.72. The molecule has 3 rings (SSSR count). The highest BCUT2D eigenvalue weighted by molar-refractivity contribution is 5.82. The molecule has 0 saturated carbocycles. The van der Waals surface area contributed by atoms with Crippen LogP contribution in [0.25, 0.3) is 0 Å². The molecule has 1 saturated heterocycles. The van der Waals surface area contributed by atoms with Crippen molar-refractivity contribution in [2.24, 2.45) is 5.92 Å². The first kappa shape index (κ1) is 14.6. The van der Waals surface area contributed by atoms with E-state index in [4.69, 9.17) is 0 Å². The maximum Gasteiger partial charge on any atom is 0.237 e. The Balaban J connectivity index is 1.64. The first-order valence-corrected chi connectivity index (χ1v) is 8.27. The number of benzene rings is 1. The number of likely N-dealkylation sites (tertiary alicyclic amines) is 1. The first-order valence-electron chi connectivity index (χ1n) is 8.27. The van der Waals surface area contributed by atoms with Crippen LogP contribution in [0, 0.1) is 5.92 Å². The van der Waals surface area contributed by atoms with Crippen LogP contribution in [0.1, 0.15) is 50.3 Å². The summed E-state index contributed by atoms with van der Waals surface area (Å²) in [5.74, 6) is 0.848. The second-order valence-corrected chi connectivity index (χ2v) is 6.85. The largest absolute Gasteiger partial charge is 0.348 e. The van der Waals surface area contributed by atoms with E-state index in [0.29, 0.717) is 5.92 Å². The zero-order chi connectivity index (χ0) is 14.8. The van der Waals surface area contributed by atoms with Crippen LogP contribution in [0.2, 0.25) is 0 Å².